The molecule has 150 valence electrons. The number of methoxy groups -OCH3 is 1. The lowest BCUT2D eigenvalue weighted by Crippen LogP contribution is -2.27. The van der Waals surface area contributed by atoms with Crippen molar-refractivity contribution in [1.29, 1.82) is 0 Å². The Morgan fingerprint density at radius 3 is 2.62 bits per heavy atom. The Hall–Kier alpha value is -2.41. The van der Waals surface area contributed by atoms with Crippen molar-refractivity contribution in [2.75, 3.05) is 13.7 Å². The van der Waals surface area contributed by atoms with Gasteiger partial charge in [-0.05, 0) is 47.7 Å². The van der Waals surface area contributed by atoms with E-state index < -0.39 is 0 Å². The van der Waals surface area contributed by atoms with Crippen molar-refractivity contribution in [3.63, 3.8) is 0 Å². The van der Waals surface area contributed by atoms with Gasteiger partial charge in [0.1, 0.15) is 6.61 Å². The minimum Gasteiger partial charge on any atom is -0.493 e. The number of amides is 2. The van der Waals surface area contributed by atoms with Crippen molar-refractivity contribution < 1.29 is 19.1 Å². The van der Waals surface area contributed by atoms with E-state index in [4.69, 9.17) is 32.7 Å². The first kappa shape index (κ1) is 21.3. The van der Waals surface area contributed by atoms with E-state index in [2.05, 4.69) is 6.58 Å². The fourth-order valence-corrected chi connectivity index (χ4v) is 3.94. The lowest BCUT2D eigenvalue weighted by Gasteiger charge is -2.12. The number of carbonyl (C=O) groups is 2. The van der Waals surface area contributed by atoms with Crippen LogP contribution < -0.4 is 9.47 Å². The number of imide groups is 1. The normalized spacial score (nSPS) is 15.1. The fraction of sp³-hybridized carbons (Fsp3) is 0.143. The monoisotopic (exact) mass is 449 g/mol. The van der Waals surface area contributed by atoms with E-state index in [0.717, 1.165) is 22.2 Å². The van der Waals surface area contributed by atoms with Crippen LogP contribution in [0.3, 0.4) is 0 Å². The molecule has 1 fully saturated rings. The molecule has 0 aliphatic carbocycles. The van der Waals surface area contributed by atoms with Gasteiger partial charge in [0.05, 0.1) is 12.0 Å². The second-order valence-electron chi connectivity index (χ2n) is 6.02. The number of hydrogen-bond donors (Lipinski definition) is 0. The van der Waals surface area contributed by atoms with Crippen molar-refractivity contribution in [3.8, 4) is 11.5 Å². The van der Waals surface area contributed by atoms with Crippen LogP contribution in [0.2, 0.25) is 10.0 Å². The summed E-state index contributed by atoms with van der Waals surface area (Å²) in [6.45, 7) is 3.99. The summed E-state index contributed by atoms with van der Waals surface area (Å²) in [5, 5.41) is 0.759. The predicted octanol–water partition coefficient (Wildman–Crippen LogP) is 5.80. The van der Waals surface area contributed by atoms with Gasteiger partial charge in [0.15, 0.2) is 11.5 Å². The molecule has 0 radical (unpaired) electrons. The van der Waals surface area contributed by atoms with Crippen molar-refractivity contribution >= 4 is 52.2 Å². The highest BCUT2D eigenvalue weighted by Crippen LogP contribution is 2.35. The summed E-state index contributed by atoms with van der Waals surface area (Å²) < 4.78 is 11.2. The lowest BCUT2D eigenvalue weighted by atomic mass is 10.1. The van der Waals surface area contributed by atoms with Gasteiger partial charge in [0, 0.05) is 22.2 Å². The second-order valence-corrected chi connectivity index (χ2v) is 7.85. The number of ether oxygens (including phenoxy) is 2. The Morgan fingerprint density at radius 1 is 1.14 bits per heavy atom. The van der Waals surface area contributed by atoms with E-state index in [9.17, 15) is 9.59 Å². The molecule has 1 heterocycles. The van der Waals surface area contributed by atoms with E-state index in [0.29, 0.717) is 32.0 Å². The molecule has 1 aliphatic heterocycles. The van der Waals surface area contributed by atoms with Gasteiger partial charge in [0.25, 0.3) is 11.1 Å². The van der Waals surface area contributed by atoms with Gasteiger partial charge in [0.2, 0.25) is 0 Å². The van der Waals surface area contributed by atoms with E-state index in [1.807, 2.05) is 0 Å². The number of halogens is 2. The number of hydrogen-bond acceptors (Lipinski definition) is 5. The number of thioether (sulfide) groups is 1. The van der Waals surface area contributed by atoms with Crippen molar-refractivity contribution in [1.82, 2.24) is 4.90 Å². The van der Waals surface area contributed by atoms with Gasteiger partial charge >= 0.3 is 0 Å². The Kier molecular flexibility index (Phi) is 6.90. The van der Waals surface area contributed by atoms with Gasteiger partial charge in [-0.15, -0.1) is 6.58 Å². The molecule has 2 amide bonds. The number of nitrogens with zero attached hydrogens (tertiary/aromatic N) is 1. The SMILES string of the molecule is C=CCN1C(=O)S/C(=C/c2ccc(OCc3ccc(Cl)cc3Cl)c(OC)c2)C1=O. The third-order valence-electron chi connectivity index (χ3n) is 4.07. The van der Waals surface area contributed by atoms with Crippen LogP contribution >= 0.6 is 35.0 Å². The molecular formula is C21H17Cl2NO4S. The van der Waals surface area contributed by atoms with Gasteiger partial charge in [-0.1, -0.05) is 41.4 Å². The molecule has 0 saturated carbocycles. The van der Waals surface area contributed by atoms with Crippen LogP contribution in [-0.4, -0.2) is 29.7 Å². The maximum absolute atomic E-state index is 12.3. The van der Waals surface area contributed by atoms with E-state index >= 15 is 0 Å². The molecule has 5 nitrogen and oxygen atoms in total. The molecule has 0 N–H and O–H groups in total. The standard InChI is InChI=1S/C21H17Cl2NO4S/c1-3-8-24-20(25)19(29-21(24)26)10-13-4-7-17(18(9-13)27-2)28-12-14-5-6-15(22)11-16(14)23/h3-7,9-11H,1,8,12H2,2H3/b19-10+. The molecule has 29 heavy (non-hydrogen) atoms. The maximum atomic E-state index is 12.3. The minimum absolute atomic E-state index is 0.186. The van der Waals surface area contributed by atoms with Gasteiger partial charge < -0.3 is 9.47 Å². The molecule has 0 atom stereocenters. The zero-order valence-electron chi connectivity index (χ0n) is 15.5. The van der Waals surface area contributed by atoms with Crippen LogP contribution in [0, 0.1) is 0 Å². The van der Waals surface area contributed by atoms with E-state index in [-0.39, 0.29) is 24.3 Å². The first-order chi connectivity index (χ1) is 13.9. The quantitative estimate of drug-likeness (QED) is 0.394. The molecule has 2 aromatic rings. The second kappa shape index (κ2) is 9.39. The summed E-state index contributed by atoms with van der Waals surface area (Å²) in [5.41, 5.74) is 1.50. The summed E-state index contributed by atoms with van der Waals surface area (Å²) in [6, 6.07) is 10.4. The summed E-state index contributed by atoms with van der Waals surface area (Å²) in [6.07, 6.45) is 3.16. The molecule has 2 aromatic carbocycles. The summed E-state index contributed by atoms with van der Waals surface area (Å²) >= 11 is 13.0. The smallest absolute Gasteiger partial charge is 0.293 e. The van der Waals surface area contributed by atoms with Crippen molar-refractivity contribution in [2.24, 2.45) is 0 Å². The molecule has 0 bridgehead atoms. The van der Waals surface area contributed by atoms with Gasteiger partial charge in [-0.25, -0.2) is 0 Å². The van der Waals surface area contributed by atoms with Crippen LogP contribution in [0.1, 0.15) is 11.1 Å². The predicted molar refractivity (Wildman–Crippen MR) is 117 cm³/mol. The Balaban J connectivity index is 1.77. The highest BCUT2D eigenvalue weighted by Gasteiger charge is 2.34. The lowest BCUT2D eigenvalue weighted by molar-refractivity contribution is -0.122. The van der Waals surface area contributed by atoms with E-state index in [1.165, 1.54) is 13.2 Å². The largest absolute Gasteiger partial charge is 0.493 e. The molecular weight excluding hydrogens is 433 g/mol. The highest BCUT2D eigenvalue weighted by atomic mass is 35.5. The molecule has 3 rings (SSSR count). The Labute approximate surface area is 182 Å². The first-order valence-electron chi connectivity index (χ1n) is 8.54. The third-order valence-corrected chi connectivity index (χ3v) is 5.56. The Morgan fingerprint density at radius 2 is 1.93 bits per heavy atom. The van der Waals surface area contributed by atoms with E-state index in [1.54, 1.807) is 42.5 Å². The van der Waals surface area contributed by atoms with Crippen LogP contribution in [-0.2, 0) is 11.4 Å². The number of rotatable bonds is 7. The van der Waals surface area contributed by atoms with Crippen molar-refractivity contribution in [2.45, 2.75) is 6.61 Å². The Bertz CT molecular complexity index is 1010. The topological polar surface area (TPSA) is 55.8 Å². The highest BCUT2D eigenvalue weighted by molar-refractivity contribution is 8.18. The molecule has 0 aromatic heterocycles. The average molecular weight is 450 g/mol. The van der Waals surface area contributed by atoms with Gasteiger partial charge in [-0.3, -0.25) is 14.5 Å². The fourth-order valence-electron chi connectivity index (χ4n) is 2.63. The summed E-state index contributed by atoms with van der Waals surface area (Å²) in [5.74, 6) is 0.682. The summed E-state index contributed by atoms with van der Waals surface area (Å²) in [7, 11) is 1.53. The van der Waals surface area contributed by atoms with Crippen LogP contribution in [0.25, 0.3) is 6.08 Å². The molecule has 0 spiro atoms. The average Bonchev–Trinajstić information content (AvgIpc) is 2.95. The first-order valence-corrected chi connectivity index (χ1v) is 10.1. The number of carbonyl (C=O) groups excluding carboxylic acids is 2. The summed E-state index contributed by atoms with van der Waals surface area (Å²) in [4.78, 5) is 25.8. The molecule has 1 aliphatic rings. The number of benzene rings is 2. The zero-order valence-corrected chi connectivity index (χ0v) is 17.8. The molecule has 8 heteroatoms. The van der Waals surface area contributed by atoms with Crippen LogP contribution in [0.5, 0.6) is 11.5 Å². The molecule has 0 unspecified atom stereocenters. The van der Waals surface area contributed by atoms with Gasteiger partial charge in [-0.2, -0.15) is 0 Å². The third kappa shape index (κ3) is 4.96. The maximum Gasteiger partial charge on any atom is 0.293 e. The van der Waals surface area contributed by atoms with Crippen molar-refractivity contribution in [3.05, 3.63) is 75.1 Å². The zero-order chi connectivity index (χ0) is 21.0. The van der Waals surface area contributed by atoms with Crippen LogP contribution in [0.4, 0.5) is 4.79 Å². The van der Waals surface area contributed by atoms with Crippen LogP contribution in [0.15, 0.2) is 54.0 Å². The minimum atomic E-state index is -0.337. The molecule has 1 saturated heterocycles.